The van der Waals surface area contributed by atoms with Crippen LogP contribution in [-0.2, 0) is 20.0 Å². The van der Waals surface area contributed by atoms with Crippen molar-refractivity contribution >= 4 is 6.03 Å². The van der Waals surface area contributed by atoms with Crippen LogP contribution in [0.1, 0.15) is 49.4 Å². The maximum Gasteiger partial charge on any atom is 0.318 e. The fourth-order valence-electron chi connectivity index (χ4n) is 3.17. The average Bonchev–Trinajstić information content (AvgIpc) is 3.21. The smallest absolute Gasteiger partial charge is 0.318 e. The Hall–Kier alpha value is -2.24. The number of hydrogen-bond acceptors (Lipinski definition) is 3. The van der Waals surface area contributed by atoms with Gasteiger partial charge in [-0.3, -0.25) is 0 Å². The maximum absolute atomic E-state index is 12.6. The first-order valence-corrected chi connectivity index (χ1v) is 8.29. The summed E-state index contributed by atoms with van der Waals surface area (Å²) in [6, 6.07) is 6.13. The fraction of sp³-hybridized carbons (Fsp3) is 0.529. The van der Waals surface area contributed by atoms with Gasteiger partial charge >= 0.3 is 6.03 Å². The molecular formula is C17H24N4O2. The molecule has 1 atom stereocenters. The van der Waals surface area contributed by atoms with Gasteiger partial charge in [-0.25, -0.2) is 4.79 Å². The Balaban J connectivity index is 1.65. The normalized spacial score (nSPS) is 18.2. The molecule has 1 aliphatic rings. The van der Waals surface area contributed by atoms with Crippen molar-refractivity contribution in [2.45, 2.75) is 45.2 Å². The third-order valence-electron chi connectivity index (χ3n) is 4.47. The lowest BCUT2D eigenvalue weighted by Crippen LogP contribution is -2.44. The number of aryl methyl sites for hydroxylation is 2. The first-order chi connectivity index (χ1) is 11.2. The van der Waals surface area contributed by atoms with Gasteiger partial charge in [-0.2, -0.15) is 0 Å². The van der Waals surface area contributed by atoms with Crippen LogP contribution in [0.3, 0.4) is 0 Å². The lowest BCUT2D eigenvalue weighted by Gasteiger charge is -2.36. The SMILES string of the molecule is CCc1cc(CNC(=O)N2CCCCC2c2cccn2C)on1. The van der Waals surface area contributed by atoms with Gasteiger partial charge in [0, 0.05) is 31.5 Å². The number of nitrogens with one attached hydrogen (secondary N) is 1. The predicted octanol–water partition coefficient (Wildman–Crippen LogP) is 3.01. The van der Waals surface area contributed by atoms with Crippen LogP contribution >= 0.6 is 0 Å². The third kappa shape index (κ3) is 3.41. The van der Waals surface area contributed by atoms with E-state index in [1.807, 2.05) is 37.2 Å². The zero-order chi connectivity index (χ0) is 16.2. The number of nitrogens with zero attached hydrogens (tertiary/aromatic N) is 3. The molecule has 23 heavy (non-hydrogen) atoms. The summed E-state index contributed by atoms with van der Waals surface area (Å²) in [6.07, 6.45) is 6.08. The van der Waals surface area contributed by atoms with E-state index >= 15 is 0 Å². The van der Waals surface area contributed by atoms with Crippen molar-refractivity contribution in [2.24, 2.45) is 7.05 Å². The van der Waals surface area contributed by atoms with Crippen molar-refractivity contribution in [1.29, 1.82) is 0 Å². The van der Waals surface area contributed by atoms with Gasteiger partial charge in [0.2, 0.25) is 0 Å². The Bertz CT molecular complexity index is 661. The van der Waals surface area contributed by atoms with Crippen molar-refractivity contribution in [3.05, 3.63) is 41.5 Å². The number of urea groups is 1. The van der Waals surface area contributed by atoms with E-state index in [1.165, 1.54) is 5.69 Å². The molecule has 1 unspecified atom stereocenters. The lowest BCUT2D eigenvalue weighted by molar-refractivity contribution is 0.147. The highest BCUT2D eigenvalue weighted by molar-refractivity contribution is 5.74. The summed E-state index contributed by atoms with van der Waals surface area (Å²) in [4.78, 5) is 14.5. The summed E-state index contributed by atoms with van der Waals surface area (Å²) in [5.74, 6) is 0.697. The number of hydrogen-bond donors (Lipinski definition) is 1. The molecule has 1 N–H and O–H groups in total. The second kappa shape index (κ2) is 6.89. The number of aromatic nitrogens is 2. The van der Waals surface area contributed by atoms with Gasteiger partial charge in [-0.05, 0) is 37.8 Å². The number of likely N-dealkylation sites (tertiary alicyclic amines) is 1. The van der Waals surface area contributed by atoms with E-state index in [-0.39, 0.29) is 12.1 Å². The summed E-state index contributed by atoms with van der Waals surface area (Å²) in [6.45, 7) is 3.19. The first-order valence-electron chi connectivity index (χ1n) is 8.29. The molecule has 2 aromatic rings. The molecule has 3 rings (SSSR count). The molecule has 124 valence electrons. The van der Waals surface area contributed by atoms with E-state index in [9.17, 15) is 4.79 Å². The quantitative estimate of drug-likeness (QED) is 0.943. The molecule has 1 fully saturated rings. The zero-order valence-electron chi connectivity index (χ0n) is 13.8. The van der Waals surface area contributed by atoms with Crippen LogP contribution in [0.5, 0.6) is 0 Å². The van der Waals surface area contributed by atoms with Crippen LogP contribution < -0.4 is 5.32 Å². The summed E-state index contributed by atoms with van der Waals surface area (Å²) in [7, 11) is 2.03. The van der Waals surface area contributed by atoms with Crippen molar-refractivity contribution in [3.63, 3.8) is 0 Å². The maximum atomic E-state index is 12.6. The van der Waals surface area contributed by atoms with Gasteiger partial charge in [-0.15, -0.1) is 0 Å². The molecule has 2 amide bonds. The van der Waals surface area contributed by atoms with Crippen molar-refractivity contribution in [3.8, 4) is 0 Å². The van der Waals surface area contributed by atoms with E-state index in [1.54, 1.807) is 0 Å². The highest BCUT2D eigenvalue weighted by Gasteiger charge is 2.29. The number of carbonyl (C=O) groups excluding carboxylic acids is 1. The number of amides is 2. The largest absolute Gasteiger partial charge is 0.359 e. The molecule has 1 aliphatic heterocycles. The Labute approximate surface area is 136 Å². The highest BCUT2D eigenvalue weighted by Crippen LogP contribution is 2.30. The van der Waals surface area contributed by atoms with Gasteiger partial charge in [-0.1, -0.05) is 12.1 Å². The number of piperidine rings is 1. The van der Waals surface area contributed by atoms with Crippen LogP contribution in [0, 0.1) is 0 Å². The summed E-state index contributed by atoms with van der Waals surface area (Å²) < 4.78 is 7.32. The van der Waals surface area contributed by atoms with Gasteiger partial charge in [0.1, 0.15) is 0 Å². The van der Waals surface area contributed by atoms with Crippen molar-refractivity contribution < 1.29 is 9.32 Å². The van der Waals surface area contributed by atoms with E-state index in [2.05, 4.69) is 21.1 Å². The third-order valence-corrected chi connectivity index (χ3v) is 4.47. The second-order valence-electron chi connectivity index (χ2n) is 6.05. The average molecular weight is 316 g/mol. The molecule has 2 aromatic heterocycles. The van der Waals surface area contributed by atoms with Crippen LogP contribution in [0.4, 0.5) is 4.79 Å². The highest BCUT2D eigenvalue weighted by atomic mass is 16.5. The van der Waals surface area contributed by atoms with E-state index in [0.29, 0.717) is 12.3 Å². The molecule has 0 saturated carbocycles. The van der Waals surface area contributed by atoms with E-state index < -0.39 is 0 Å². The Morgan fingerprint density at radius 2 is 2.35 bits per heavy atom. The number of rotatable bonds is 4. The van der Waals surface area contributed by atoms with Gasteiger partial charge in [0.25, 0.3) is 0 Å². The molecule has 0 bridgehead atoms. The number of carbonyl (C=O) groups is 1. The Morgan fingerprint density at radius 3 is 3.04 bits per heavy atom. The lowest BCUT2D eigenvalue weighted by atomic mass is 10.00. The van der Waals surface area contributed by atoms with Crippen LogP contribution in [0.15, 0.2) is 28.9 Å². The van der Waals surface area contributed by atoms with Gasteiger partial charge in [0.15, 0.2) is 5.76 Å². The molecule has 6 nitrogen and oxygen atoms in total. The van der Waals surface area contributed by atoms with Crippen molar-refractivity contribution in [1.82, 2.24) is 19.9 Å². The Kier molecular flexibility index (Phi) is 4.69. The van der Waals surface area contributed by atoms with Gasteiger partial charge in [0.05, 0.1) is 18.3 Å². The Morgan fingerprint density at radius 1 is 1.48 bits per heavy atom. The molecular weight excluding hydrogens is 292 g/mol. The molecule has 1 saturated heterocycles. The summed E-state index contributed by atoms with van der Waals surface area (Å²) in [5.41, 5.74) is 2.10. The van der Waals surface area contributed by atoms with Crippen LogP contribution in [-0.4, -0.2) is 27.2 Å². The zero-order valence-corrected chi connectivity index (χ0v) is 13.8. The monoisotopic (exact) mass is 316 g/mol. The van der Waals surface area contributed by atoms with E-state index in [0.717, 1.165) is 37.9 Å². The first kappa shape index (κ1) is 15.6. The van der Waals surface area contributed by atoms with Crippen molar-refractivity contribution in [2.75, 3.05) is 6.54 Å². The summed E-state index contributed by atoms with van der Waals surface area (Å²) >= 11 is 0. The molecule has 0 aliphatic carbocycles. The molecule has 3 heterocycles. The topological polar surface area (TPSA) is 63.3 Å². The fourth-order valence-corrected chi connectivity index (χ4v) is 3.17. The second-order valence-corrected chi connectivity index (χ2v) is 6.05. The predicted molar refractivity (Wildman–Crippen MR) is 86.8 cm³/mol. The molecule has 0 spiro atoms. The molecule has 0 radical (unpaired) electrons. The van der Waals surface area contributed by atoms with E-state index in [4.69, 9.17) is 4.52 Å². The minimum Gasteiger partial charge on any atom is -0.359 e. The summed E-state index contributed by atoms with van der Waals surface area (Å²) in [5, 5.41) is 6.91. The minimum atomic E-state index is -0.0367. The standard InChI is InChI=1S/C17H24N4O2/c1-3-13-11-14(23-19-13)12-18-17(22)21-10-5-4-7-16(21)15-8-6-9-20(15)2/h6,8-9,11,16H,3-5,7,10,12H2,1-2H3,(H,18,22). The molecule has 6 heteroatoms. The minimum absolute atomic E-state index is 0.0367. The van der Waals surface area contributed by atoms with Crippen LogP contribution in [0.2, 0.25) is 0 Å². The van der Waals surface area contributed by atoms with Gasteiger partial charge < -0.3 is 19.3 Å². The van der Waals surface area contributed by atoms with Crippen LogP contribution in [0.25, 0.3) is 0 Å². The molecule has 0 aromatic carbocycles.